The molecule has 0 atom stereocenters. The Bertz CT molecular complexity index is 857. The summed E-state index contributed by atoms with van der Waals surface area (Å²) >= 11 is 2.86. The van der Waals surface area contributed by atoms with Crippen LogP contribution in [0.1, 0.15) is 26.2 Å². The van der Waals surface area contributed by atoms with Gasteiger partial charge in [-0.1, -0.05) is 36.4 Å². The SMILES string of the molecule is CCSc1nnc(NC(=O)Cn2cnc(S(=O)(=O)N3CCCCC3)c2)s1. The maximum Gasteiger partial charge on any atom is 0.262 e. The van der Waals surface area contributed by atoms with Crippen molar-refractivity contribution in [2.75, 3.05) is 24.2 Å². The van der Waals surface area contributed by atoms with Gasteiger partial charge in [0.1, 0.15) is 6.54 Å². The molecule has 0 bridgehead atoms. The average molecular weight is 417 g/mol. The molecule has 1 aliphatic heterocycles. The fraction of sp³-hybridized carbons (Fsp3) is 0.571. The van der Waals surface area contributed by atoms with Crippen LogP contribution < -0.4 is 5.32 Å². The average Bonchev–Trinajstić information content (AvgIpc) is 3.26. The molecule has 0 spiro atoms. The van der Waals surface area contributed by atoms with Crippen LogP contribution in [0, 0.1) is 0 Å². The lowest BCUT2D eigenvalue weighted by Gasteiger charge is -2.24. The van der Waals surface area contributed by atoms with Gasteiger partial charge in [-0.2, -0.15) is 4.31 Å². The number of imidazole rings is 1. The second-order valence-corrected chi connectivity index (χ2v) is 10.1. The van der Waals surface area contributed by atoms with Gasteiger partial charge in [0.25, 0.3) is 10.0 Å². The van der Waals surface area contributed by atoms with Crippen LogP contribution in [-0.4, -0.2) is 57.2 Å². The quantitative estimate of drug-likeness (QED) is 0.540. The topological polar surface area (TPSA) is 110 Å². The summed E-state index contributed by atoms with van der Waals surface area (Å²) in [7, 11) is -3.59. The number of amides is 1. The second kappa shape index (κ2) is 8.46. The molecule has 26 heavy (non-hydrogen) atoms. The fourth-order valence-corrected chi connectivity index (χ4v) is 5.68. The number of rotatable bonds is 7. The molecule has 2 aromatic heterocycles. The summed E-state index contributed by atoms with van der Waals surface area (Å²) in [6, 6.07) is 0. The predicted molar refractivity (Wildman–Crippen MR) is 99.8 cm³/mol. The standard InChI is InChI=1S/C14H20N6O3S3/c1-2-24-14-18-17-13(25-14)16-11(21)8-19-9-12(15-10-19)26(22,23)20-6-4-3-5-7-20/h9-10H,2-8H2,1H3,(H,16,17,21). The van der Waals surface area contributed by atoms with E-state index < -0.39 is 10.0 Å². The predicted octanol–water partition coefficient (Wildman–Crippen LogP) is 1.66. The molecule has 1 N–H and O–H groups in total. The number of sulfonamides is 1. The maximum absolute atomic E-state index is 12.6. The van der Waals surface area contributed by atoms with Crippen LogP contribution in [0.15, 0.2) is 21.9 Å². The van der Waals surface area contributed by atoms with Crippen molar-refractivity contribution in [2.45, 2.75) is 42.1 Å². The molecule has 1 aliphatic rings. The molecule has 0 unspecified atom stereocenters. The third kappa shape index (κ3) is 4.61. The monoisotopic (exact) mass is 416 g/mol. The molecule has 2 aromatic rings. The van der Waals surface area contributed by atoms with Crippen LogP contribution in [0.4, 0.5) is 5.13 Å². The van der Waals surface area contributed by atoms with Crippen molar-refractivity contribution < 1.29 is 13.2 Å². The van der Waals surface area contributed by atoms with Gasteiger partial charge in [0.2, 0.25) is 11.0 Å². The normalized spacial score (nSPS) is 15.9. The number of thioether (sulfide) groups is 1. The van der Waals surface area contributed by atoms with Gasteiger partial charge in [-0.05, 0) is 18.6 Å². The lowest BCUT2D eigenvalue weighted by molar-refractivity contribution is -0.116. The van der Waals surface area contributed by atoms with Crippen molar-refractivity contribution in [3.05, 3.63) is 12.5 Å². The molecule has 0 radical (unpaired) electrons. The summed E-state index contributed by atoms with van der Waals surface area (Å²) in [4.78, 5) is 16.1. The molecule has 3 rings (SSSR count). The van der Waals surface area contributed by atoms with E-state index in [1.165, 1.54) is 32.7 Å². The number of anilines is 1. The van der Waals surface area contributed by atoms with Gasteiger partial charge in [0, 0.05) is 19.3 Å². The molecule has 0 aliphatic carbocycles. The number of hydrogen-bond donors (Lipinski definition) is 1. The van der Waals surface area contributed by atoms with E-state index in [1.54, 1.807) is 11.8 Å². The Morgan fingerprint density at radius 1 is 1.31 bits per heavy atom. The molecular formula is C14H20N6O3S3. The first kappa shape index (κ1) is 19.3. The second-order valence-electron chi connectivity index (χ2n) is 5.70. The molecule has 9 nitrogen and oxygen atoms in total. The van der Waals surface area contributed by atoms with E-state index in [4.69, 9.17) is 0 Å². The minimum absolute atomic E-state index is 0.0234. The summed E-state index contributed by atoms with van der Waals surface area (Å²) in [6.07, 6.45) is 5.52. The number of piperidine rings is 1. The molecule has 1 fully saturated rings. The van der Waals surface area contributed by atoms with Crippen molar-refractivity contribution >= 4 is 44.2 Å². The summed E-state index contributed by atoms with van der Waals surface area (Å²) in [5, 5.41) is 10.9. The number of nitrogens with one attached hydrogen (secondary N) is 1. The third-order valence-electron chi connectivity index (χ3n) is 3.78. The van der Waals surface area contributed by atoms with Gasteiger partial charge in [-0.25, -0.2) is 13.4 Å². The van der Waals surface area contributed by atoms with Gasteiger partial charge in [-0.3, -0.25) is 10.1 Å². The number of carbonyl (C=O) groups is 1. The first-order valence-corrected chi connectivity index (χ1v) is 11.5. The minimum Gasteiger partial charge on any atom is -0.327 e. The Hall–Kier alpha value is -1.50. The van der Waals surface area contributed by atoms with E-state index in [-0.39, 0.29) is 17.5 Å². The van der Waals surface area contributed by atoms with Crippen LogP contribution in [0.2, 0.25) is 0 Å². The number of nitrogens with zero attached hydrogens (tertiary/aromatic N) is 5. The lowest BCUT2D eigenvalue weighted by atomic mass is 10.2. The van der Waals surface area contributed by atoms with Crippen molar-refractivity contribution in [1.82, 2.24) is 24.1 Å². The smallest absolute Gasteiger partial charge is 0.262 e. The number of carbonyl (C=O) groups excluding carboxylic acids is 1. The molecule has 0 saturated carbocycles. The summed E-state index contributed by atoms with van der Waals surface area (Å²) in [5.41, 5.74) is 0. The van der Waals surface area contributed by atoms with Gasteiger partial charge in [-0.15, -0.1) is 10.2 Å². The zero-order chi connectivity index (χ0) is 18.6. The van der Waals surface area contributed by atoms with Crippen molar-refractivity contribution in [1.29, 1.82) is 0 Å². The Kier molecular flexibility index (Phi) is 6.27. The molecular weight excluding hydrogens is 396 g/mol. The molecule has 0 aromatic carbocycles. The van der Waals surface area contributed by atoms with Crippen LogP contribution in [-0.2, 0) is 21.4 Å². The Balaban J connectivity index is 1.61. The van der Waals surface area contributed by atoms with Crippen molar-refractivity contribution in [3.8, 4) is 0 Å². The van der Waals surface area contributed by atoms with E-state index in [2.05, 4.69) is 20.5 Å². The van der Waals surface area contributed by atoms with Gasteiger partial charge in [0.05, 0.1) is 6.33 Å². The highest BCUT2D eigenvalue weighted by atomic mass is 32.2. The van der Waals surface area contributed by atoms with Crippen molar-refractivity contribution in [2.24, 2.45) is 0 Å². The summed E-state index contributed by atoms with van der Waals surface area (Å²) in [6.45, 7) is 3.01. The minimum atomic E-state index is -3.59. The largest absolute Gasteiger partial charge is 0.327 e. The van der Waals surface area contributed by atoms with Gasteiger partial charge in [0.15, 0.2) is 9.37 Å². The van der Waals surface area contributed by atoms with Crippen LogP contribution in [0.25, 0.3) is 0 Å². The molecule has 3 heterocycles. The zero-order valence-corrected chi connectivity index (χ0v) is 16.7. The summed E-state index contributed by atoms with van der Waals surface area (Å²) in [5.74, 6) is 0.569. The Labute approximate surface area is 160 Å². The molecule has 142 valence electrons. The highest BCUT2D eigenvalue weighted by Crippen LogP contribution is 2.25. The Morgan fingerprint density at radius 3 is 2.81 bits per heavy atom. The number of hydrogen-bond acceptors (Lipinski definition) is 8. The Morgan fingerprint density at radius 2 is 2.08 bits per heavy atom. The molecule has 12 heteroatoms. The fourth-order valence-electron chi connectivity index (χ4n) is 2.56. The first-order valence-electron chi connectivity index (χ1n) is 8.27. The highest BCUT2D eigenvalue weighted by Gasteiger charge is 2.28. The molecule has 1 saturated heterocycles. The number of aromatic nitrogens is 4. The van der Waals surface area contributed by atoms with E-state index >= 15 is 0 Å². The third-order valence-corrected chi connectivity index (χ3v) is 7.41. The van der Waals surface area contributed by atoms with E-state index in [0.29, 0.717) is 18.2 Å². The van der Waals surface area contributed by atoms with Crippen LogP contribution in [0.5, 0.6) is 0 Å². The first-order chi connectivity index (χ1) is 12.5. The van der Waals surface area contributed by atoms with Crippen LogP contribution in [0.3, 0.4) is 0 Å². The van der Waals surface area contributed by atoms with E-state index in [0.717, 1.165) is 29.4 Å². The van der Waals surface area contributed by atoms with E-state index in [1.807, 2.05) is 6.92 Å². The highest BCUT2D eigenvalue weighted by molar-refractivity contribution is 8.01. The van der Waals surface area contributed by atoms with Crippen molar-refractivity contribution in [3.63, 3.8) is 0 Å². The van der Waals surface area contributed by atoms with E-state index in [9.17, 15) is 13.2 Å². The lowest BCUT2D eigenvalue weighted by Crippen LogP contribution is -2.35. The summed E-state index contributed by atoms with van der Waals surface area (Å²) < 4.78 is 28.8. The van der Waals surface area contributed by atoms with Gasteiger partial charge < -0.3 is 4.57 Å². The molecule has 1 amide bonds. The maximum atomic E-state index is 12.6. The van der Waals surface area contributed by atoms with Crippen LogP contribution >= 0.6 is 23.1 Å². The zero-order valence-electron chi connectivity index (χ0n) is 14.3. The van der Waals surface area contributed by atoms with Gasteiger partial charge >= 0.3 is 0 Å².